The Hall–Kier alpha value is 1.43. The van der Waals surface area contributed by atoms with Gasteiger partial charge in [0.25, 0.3) is 0 Å². The van der Waals surface area contributed by atoms with E-state index in [2.05, 4.69) is 0 Å². The van der Waals surface area contributed by atoms with Crippen molar-refractivity contribution >= 4 is 5.97 Å². The van der Waals surface area contributed by atoms with Crippen LogP contribution in [0.3, 0.4) is 0 Å². The second-order valence-corrected chi connectivity index (χ2v) is 1.01. The van der Waals surface area contributed by atoms with E-state index in [0.29, 0.717) is 0 Å². The zero-order chi connectivity index (χ0) is 5.15. The van der Waals surface area contributed by atoms with Crippen LogP contribution in [-0.2, 0) is 4.79 Å². The van der Waals surface area contributed by atoms with E-state index in [9.17, 15) is 4.79 Å². The molecule has 8 heavy (non-hydrogen) atoms. The average molecular weight is 138 g/mol. The zero-order valence-electron chi connectivity index (χ0n) is 7.38. The quantitative estimate of drug-likeness (QED) is 0.354. The second-order valence-electron chi connectivity index (χ2n) is 1.01. The average Bonchev–Trinajstić information content (AvgIpc) is 1.36. The van der Waals surface area contributed by atoms with Crippen LogP contribution in [0.2, 0.25) is 0 Å². The molecule has 0 aliphatic rings. The molecule has 0 aromatic rings. The van der Waals surface area contributed by atoms with E-state index >= 15 is 0 Å². The molecule has 0 aromatic carbocycles. The number of hydrogen-bond acceptors (Lipinski definition) is 2. The third kappa shape index (κ3) is 10.4. The smallest absolute Gasteiger partial charge is 1.00 e. The Morgan fingerprint density at radius 2 is 1.75 bits per heavy atom. The SMILES string of the molecule is CC(O)C(=O)O.[H-].[H-].[Na+].[Na+]. The monoisotopic (exact) mass is 138 g/mol. The minimum atomic E-state index is -1.23. The third-order valence-corrected chi connectivity index (χ3v) is 0.357. The fourth-order valence-corrected chi connectivity index (χ4v) is 0. The molecule has 3 nitrogen and oxygen atoms in total. The van der Waals surface area contributed by atoms with Gasteiger partial charge in [-0.1, -0.05) is 0 Å². The standard InChI is InChI=1S/C3H6O3.2Na.2H/c1-2(4)3(5)6;;;;/h2,4H,1H3,(H,5,6);;;;/q;2*+1;2*-1. The van der Waals surface area contributed by atoms with Crippen molar-refractivity contribution < 1.29 is 77.0 Å². The number of carboxylic acid groups (broad SMARTS) is 1. The molecular weight excluding hydrogens is 130 g/mol. The molecule has 0 rings (SSSR count). The second kappa shape index (κ2) is 8.43. The summed E-state index contributed by atoms with van der Waals surface area (Å²) in [6, 6.07) is 0. The first-order chi connectivity index (χ1) is 2.64. The topological polar surface area (TPSA) is 57.5 Å². The molecule has 40 valence electrons. The van der Waals surface area contributed by atoms with Crippen LogP contribution >= 0.6 is 0 Å². The van der Waals surface area contributed by atoms with Crippen LogP contribution < -0.4 is 59.1 Å². The number of aliphatic hydroxyl groups is 1. The van der Waals surface area contributed by atoms with Gasteiger partial charge in [0.15, 0.2) is 0 Å². The summed E-state index contributed by atoms with van der Waals surface area (Å²) in [6.45, 7) is 1.20. The molecule has 0 radical (unpaired) electrons. The van der Waals surface area contributed by atoms with E-state index < -0.39 is 12.1 Å². The van der Waals surface area contributed by atoms with Crippen molar-refractivity contribution in [3.05, 3.63) is 0 Å². The Kier molecular flexibility index (Phi) is 17.1. The van der Waals surface area contributed by atoms with Crippen LogP contribution in [0.1, 0.15) is 9.78 Å². The number of hydrogen-bond donors (Lipinski definition) is 2. The van der Waals surface area contributed by atoms with Crippen LogP contribution in [0.15, 0.2) is 0 Å². The van der Waals surface area contributed by atoms with Crippen LogP contribution in [0.25, 0.3) is 0 Å². The van der Waals surface area contributed by atoms with Gasteiger partial charge in [-0.05, 0) is 6.92 Å². The van der Waals surface area contributed by atoms with Gasteiger partial charge in [-0.25, -0.2) is 4.79 Å². The predicted octanol–water partition coefficient (Wildman–Crippen LogP) is -6.32. The van der Waals surface area contributed by atoms with E-state index in [4.69, 9.17) is 10.2 Å². The van der Waals surface area contributed by atoms with Crippen molar-refractivity contribution in [2.45, 2.75) is 13.0 Å². The van der Waals surface area contributed by atoms with E-state index in [0.717, 1.165) is 0 Å². The largest absolute Gasteiger partial charge is 1.00 e. The van der Waals surface area contributed by atoms with Crippen LogP contribution in [0.4, 0.5) is 0 Å². The summed E-state index contributed by atoms with van der Waals surface area (Å²) >= 11 is 0. The molecule has 0 aliphatic carbocycles. The van der Waals surface area contributed by atoms with Gasteiger partial charge >= 0.3 is 65.1 Å². The maximum Gasteiger partial charge on any atom is 1.00 e. The molecule has 1 unspecified atom stereocenters. The van der Waals surface area contributed by atoms with Gasteiger partial charge in [-0.2, -0.15) is 0 Å². The molecule has 2 N–H and O–H groups in total. The van der Waals surface area contributed by atoms with Crippen molar-refractivity contribution in [3.8, 4) is 0 Å². The van der Waals surface area contributed by atoms with Crippen molar-refractivity contribution in [1.82, 2.24) is 0 Å². The molecule has 0 bridgehead atoms. The number of rotatable bonds is 1. The fraction of sp³-hybridized carbons (Fsp3) is 0.667. The molecule has 0 saturated heterocycles. The first kappa shape index (κ1) is 16.2. The Morgan fingerprint density at radius 3 is 1.75 bits per heavy atom. The molecule has 0 fully saturated rings. The summed E-state index contributed by atoms with van der Waals surface area (Å²) in [5.41, 5.74) is 0. The maximum absolute atomic E-state index is 9.45. The number of carboxylic acids is 1. The molecule has 0 aromatic heterocycles. The van der Waals surface area contributed by atoms with Gasteiger partial charge in [-0.15, -0.1) is 0 Å². The Bertz CT molecular complexity index is 70.8. The van der Waals surface area contributed by atoms with Crippen molar-refractivity contribution in [1.29, 1.82) is 0 Å². The molecule has 0 spiro atoms. The first-order valence-electron chi connectivity index (χ1n) is 1.55. The zero-order valence-corrected chi connectivity index (χ0v) is 9.38. The van der Waals surface area contributed by atoms with Gasteiger partial charge in [-0.3, -0.25) is 0 Å². The molecule has 0 saturated carbocycles. The first-order valence-corrected chi connectivity index (χ1v) is 1.55. The summed E-state index contributed by atoms with van der Waals surface area (Å²) in [6.07, 6.45) is -1.23. The van der Waals surface area contributed by atoms with Gasteiger partial charge in [0.1, 0.15) is 6.10 Å². The summed E-state index contributed by atoms with van der Waals surface area (Å²) in [5.74, 6) is -1.19. The molecule has 0 aliphatic heterocycles. The van der Waals surface area contributed by atoms with Crippen molar-refractivity contribution in [3.63, 3.8) is 0 Å². The minimum Gasteiger partial charge on any atom is -1.00 e. The van der Waals surface area contributed by atoms with Crippen LogP contribution in [0.5, 0.6) is 0 Å². The predicted molar refractivity (Wildman–Crippen MR) is 21.5 cm³/mol. The van der Waals surface area contributed by atoms with Gasteiger partial charge in [0.05, 0.1) is 0 Å². The molecule has 5 heteroatoms. The van der Waals surface area contributed by atoms with Gasteiger partial charge in [0.2, 0.25) is 0 Å². The number of aliphatic carboxylic acids is 1. The van der Waals surface area contributed by atoms with Crippen LogP contribution in [0, 0.1) is 0 Å². The Balaban J connectivity index is -0.0000000208. The van der Waals surface area contributed by atoms with Crippen molar-refractivity contribution in [2.75, 3.05) is 0 Å². The van der Waals surface area contributed by atoms with Crippen molar-refractivity contribution in [2.24, 2.45) is 0 Å². The molecule has 0 amide bonds. The van der Waals surface area contributed by atoms with E-state index in [1.807, 2.05) is 0 Å². The Labute approximate surface area is 95.0 Å². The summed E-state index contributed by atoms with van der Waals surface area (Å²) in [4.78, 5) is 9.45. The van der Waals surface area contributed by atoms with Gasteiger partial charge in [0, 0.05) is 0 Å². The minimum absolute atomic E-state index is 0. The van der Waals surface area contributed by atoms with E-state index in [1.54, 1.807) is 0 Å². The maximum atomic E-state index is 9.45. The summed E-state index contributed by atoms with van der Waals surface area (Å²) < 4.78 is 0. The molecule has 1 atom stereocenters. The number of aliphatic hydroxyl groups excluding tert-OH is 1. The molecular formula is C3H8Na2O3. The molecule has 0 heterocycles. The third-order valence-electron chi connectivity index (χ3n) is 0.357. The van der Waals surface area contributed by atoms with Crippen LogP contribution in [-0.4, -0.2) is 22.3 Å². The fourth-order valence-electron chi connectivity index (χ4n) is 0. The number of carbonyl (C=O) groups is 1. The van der Waals surface area contributed by atoms with E-state index in [1.165, 1.54) is 6.92 Å². The Morgan fingerprint density at radius 1 is 1.62 bits per heavy atom. The summed E-state index contributed by atoms with van der Waals surface area (Å²) in [7, 11) is 0. The van der Waals surface area contributed by atoms with Gasteiger partial charge < -0.3 is 13.1 Å². The summed E-state index contributed by atoms with van der Waals surface area (Å²) in [5, 5.41) is 15.8. The van der Waals surface area contributed by atoms with E-state index in [-0.39, 0.29) is 62.0 Å². The normalized spacial score (nSPS) is 10.2.